The molecule has 1 amide bonds. The minimum Gasteiger partial charge on any atom is -0.475 e. The third-order valence-corrected chi connectivity index (χ3v) is 6.12. The van der Waals surface area contributed by atoms with Crippen LogP contribution in [0.4, 0.5) is 14.6 Å². The smallest absolute Gasteiger partial charge is 0.282 e. The van der Waals surface area contributed by atoms with Gasteiger partial charge in [-0.25, -0.2) is 23.7 Å². The lowest BCUT2D eigenvalue weighted by Gasteiger charge is -2.39. The first kappa shape index (κ1) is 19.9. The molecular formula is C19H23F2N5O2S. The Labute approximate surface area is 171 Å². The molecule has 4 rings (SSSR count). The van der Waals surface area contributed by atoms with Crippen molar-refractivity contribution in [2.45, 2.75) is 45.1 Å². The molecule has 2 aromatic heterocycles. The normalized spacial score (nSPS) is 18.3. The maximum atomic E-state index is 13.3. The third kappa shape index (κ3) is 4.47. The molecule has 2 aromatic rings. The van der Waals surface area contributed by atoms with E-state index in [2.05, 4.69) is 20.3 Å². The second-order valence-corrected chi connectivity index (χ2v) is 9.08. The number of aryl methyl sites for hydroxylation is 1. The molecule has 0 aromatic carbocycles. The summed E-state index contributed by atoms with van der Waals surface area (Å²) in [4.78, 5) is 27.2. The van der Waals surface area contributed by atoms with E-state index in [1.165, 1.54) is 22.4 Å². The van der Waals surface area contributed by atoms with E-state index in [4.69, 9.17) is 4.74 Å². The van der Waals surface area contributed by atoms with Gasteiger partial charge < -0.3 is 15.0 Å². The second kappa shape index (κ2) is 7.16. The van der Waals surface area contributed by atoms with Crippen LogP contribution in [0.15, 0.2) is 11.6 Å². The van der Waals surface area contributed by atoms with Crippen molar-refractivity contribution in [1.29, 1.82) is 0 Å². The molecule has 1 N–H and O–H groups in total. The lowest BCUT2D eigenvalue weighted by molar-refractivity contribution is -0.0270. The number of alkyl halides is 2. The van der Waals surface area contributed by atoms with Gasteiger partial charge in [0.2, 0.25) is 0 Å². The molecule has 156 valence electrons. The highest BCUT2D eigenvalue weighted by molar-refractivity contribution is 7.09. The van der Waals surface area contributed by atoms with Gasteiger partial charge in [-0.1, -0.05) is 0 Å². The Morgan fingerprint density at radius 2 is 2.10 bits per heavy atom. The van der Waals surface area contributed by atoms with Gasteiger partial charge in [0, 0.05) is 11.1 Å². The molecule has 2 fully saturated rings. The van der Waals surface area contributed by atoms with E-state index in [0.717, 1.165) is 23.5 Å². The summed E-state index contributed by atoms with van der Waals surface area (Å²) in [7, 11) is 0. The zero-order chi connectivity index (χ0) is 20.8. The van der Waals surface area contributed by atoms with E-state index in [-0.39, 0.29) is 17.4 Å². The average Bonchev–Trinajstić information content (AvgIpc) is 3.35. The number of carbonyl (C=O) groups is 1. The Balaban J connectivity index is 1.53. The van der Waals surface area contributed by atoms with Gasteiger partial charge >= 0.3 is 0 Å². The maximum Gasteiger partial charge on any atom is 0.282 e. The van der Waals surface area contributed by atoms with Gasteiger partial charge in [-0.2, -0.15) is 0 Å². The highest BCUT2D eigenvalue weighted by atomic mass is 32.1. The van der Waals surface area contributed by atoms with Gasteiger partial charge in [-0.3, -0.25) is 4.79 Å². The molecular weight excluding hydrogens is 400 g/mol. The van der Waals surface area contributed by atoms with Crippen molar-refractivity contribution in [2.24, 2.45) is 5.92 Å². The fourth-order valence-electron chi connectivity index (χ4n) is 2.97. The highest BCUT2D eigenvalue weighted by Crippen LogP contribution is 2.36. The molecule has 7 nitrogen and oxygen atoms in total. The van der Waals surface area contributed by atoms with Crippen molar-refractivity contribution in [3.05, 3.63) is 28.0 Å². The summed E-state index contributed by atoms with van der Waals surface area (Å²) < 4.78 is 32.3. The Morgan fingerprint density at radius 1 is 1.38 bits per heavy atom. The van der Waals surface area contributed by atoms with Crippen LogP contribution in [0.2, 0.25) is 0 Å². The minimum atomic E-state index is -2.73. The lowest BCUT2D eigenvalue weighted by Crippen LogP contribution is -2.56. The summed E-state index contributed by atoms with van der Waals surface area (Å²) in [6.07, 6.45) is 3.45. The molecule has 0 unspecified atom stereocenters. The standard InChI is InChI=1S/C19H23F2N5O2S/c1-11-8-29-17(23-11)18(2,3)25-15(27)13-6-22-14(26-9-19(20,21)10-26)16(24-13)28-7-12-4-5-12/h6,8,12H,4-5,7,9-10H2,1-3H3,(H,25,27). The number of aromatic nitrogens is 3. The minimum absolute atomic E-state index is 0.0770. The number of nitrogens with zero attached hydrogens (tertiary/aromatic N) is 4. The number of ether oxygens (including phenoxy) is 1. The molecule has 0 spiro atoms. The molecule has 0 bridgehead atoms. The molecule has 1 aliphatic heterocycles. The topological polar surface area (TPSA) is 80.2 Å². The Hall–Kier alpha value is -2.36. The first-order valence-corrected chi connectivity index (χ1v) is 10.4. The Bertz CT molecular complexity index is 921. The molecule has 1 saturated carbocycles. The van der Waals surface area contributed by atoms with Crippen LogP contribution >= 0.6 is 11.3 Å². The van der Waals surface area contributed by atoms with Crippen LogP contribution in [0.1, 0.15) is 47.9 Å². The van der Waals surface area contributed by atoms with Crippen LogP contribution in [0, 0.1) is 12.8 Å². The van der Waals surface area contributed by atoms with E-state index in [0.29, 0.717) is 12.5 Å². The number of hydrogen-bond donors (Lipinski definition) is 1. The van der Waals surface area contributed by atoms with Crippen LogP contribution in [0.3, 0.4) is 0 Å². The summed E-state index contributed by atoms with van der Waals surface area (Å²) in [5, 5.41) is 5.61. The van der Waals surface area contributed by atoms with Gasteiger partial charge in [0.05, 0.1) is 31.4 Å². The number of thiazole rings is 1. The summed E-state index contributed by atoms with van der Waals surface area (Å²) in [5.41, 5.74) is 0.275. The molecule has 0 atom stereocenters. The average molecular weight is 423 g/mol. The number of amides is 1. The molecule has 0 radical (unpaired) electrons. The number of rotatable bonds is 7. The van der Waals surface area contributed by atoms with E-state index < -0.39 is 30.5 Å². The van der Waals surface area contributed by atoms with Crippen LogP contribution in [-0.2, 0) is 5.54 Å². The van der Waals surface area contributed by atoms with Crippen molar-refractivity contribution in [1.82, 2.24) is 20.3 Å². The number of carbonyl (C=O) groups excluding carboxylic acids is 1. The predicted molar refractivity (Wildman–Crippen MR) is 105 cm³/mol. The van der Waals surface area contributed by atoms with E-state index in [1.54, 1.807) is 0 Å². The molecule has 3 heterocycles. The SMILES string of the molecule is Cc1csc(C(C)(C)NC(=O)c2cnc(N3CC(F)(F)C3)c(OCC3CC3)n2)n1. The van der Waals surface area contributed by atoms with Gasteiger partial charge in [0.15, 0.2) is 11.5 Å². The number of anilines is 1. The summed E-state index contributed by atoms with van der Waals surface area (Å²) >= 11 is 1.47. The zero-order valence-electron chi connectivity index (χ0n) is 16.5. The number of hydrogen-bond acceptors (Lipinski definition) is 7. The van der Waals surface area contributed by atoms with Crippen LogP contribution in [0.5, 0.6) is 5.88 Å². The number of nitrogens with one attached hydrogen (secondary N) is 1. The fourth-order valence-corrected chi connectivity index (χ4v) is 3.85. The Kier molecular flexibility index (Phi) is 4.92. The van der Waals surface area contributed by atoms with Crippen molar-refractivity contribution in [3.8, 4) is 5.88 Å². The highest BCUT2D eigenvalue weighted by Gasteiger charge is 2.46. The lowest BCUT2D eigenvalue weighted by atomic mass is 10.1. The summed E-state index contributed by atoms with van der Waals surface area (Å²) in [5.74, 6) is -2.33. The van der Waals surface area contributed by atoms with Crippen molar-refractivity contribution >= 4 is 23.1 Å². The van der Waals surface area contributed by atoms with Gasteiger partial charge in [-0.05, 0) is 39.5 Å². The Morgan fingerprint density at radius 3 is 2.69 bits per heavy atom. The van der Waals surface area contributed by atoms with E-state index >= 15 is 0 Å². The van der Waals surface area contributed by atoms with Gasteiger partial charge in [0.25, 0.3) is 17.7 Å². The molecule has 29 heavy (non-hydrogen) atoms. The summed E-state index contributed by atoms with van der Waals surface area (Å²) in [6.45, 7) is 5.20. The van der Waals surface area contributed by atoms with Gasteiger partial charge in [0.1, 0.15) is 5.01 Å². The predicted octanol–water partition coefficient (Wildman–Crippen LogP) is 3.15. The van der Waals surface area contributed by atoms with Crippen LogP contribution in [-0.4, -0.2) is 46.5 Å². The quantitative estimate of drug-likeness (QED) is 0.737. The zero-order valence-corrected chi connectivity index (χ0v) is 17.4. The van der Waals surface area contributed by atoms with E-state index in [9.17, 15) is 13.6 Å². The molecule has 1 saturated heterocycles. The van der Waals surface area contributed by atoms with Crippen molar-refractivity contribution in [2.75, 3.05) is 24.6 Å². The monoisotopic (exact) mass is 423 g/mol. The third-order valence-electron chi connectivity index (χ3n) is 4.83. The largest absolute Gasteiger partial charge is 0.475 e. The van der Waals surface area contributed by atoms with Crippen molar-refractivity contribution < 1.29 is 18.3 Å². The number of halogens is 2. The van der Waals surface area contributed by atoms with E-state index in [1.807, 2.05) is 26.2 Å². The van der Waals surface area contributed by atoms with Crippen LogP contribution < -0.4 is 15.0 Å². The first-order chi connectivity index (χ1) is 13.6. The van der Waals surface area contributed by atoms with Crippen LogP contribution in [0.25, 0.3) is 0 Å². The second-order valence-electron chi connectivity index (χ2n) is 8.22. The van der Waals surface area contributed by atoms with Gasteiger partial charge in [-0.15, -0.1) is 11.3 Å². The van der Waals surface area contributed by atoms with Crippen molar-refractivity contribution in [3.63, 3.8) is 0 Å². The molecule has 1 aliphatic carbocycles. The summed E-state index contributed by atoms with van der Waals surface area (Å²) in [6, 6.07) is 0. The maximum absolute atomic E-state index is 13.3. The molecule has 10 heteroatoms. The first-order valence-electron chi connectivity index (χ1n) is 9.51. The molecule has 2 aliphatic rings. The fraction of sp³-hybridized carbons (Fsp3) is 0.579.